The van der Waals surface area contributed by atoms with Crippen LogP contribution in [0.1, 0.15) is 46.9 Å². The second-order valence-electron chi connectivity index (χ2n) is 10.3. The number of aryl methyl sites for hydroxylation is 1. The van der Waals surface area contributed by atoms with E-state index < -0.39 is 49.3 Å². The summed E-state index contributed by atoms with van der Waals surface area (Å²) in [5, 5.41) is 10.6. The highest BCUT2D eigenvalue weighted by Crippen LogP contribution is 2.51. The fourth-order valence-corrected chi connectivity index (χ4v) is 5.81. The summed E-state index contributed by atoms with van der Waals surface area (Å²) >= 11 is 0. The van der Waals surface area contributed by atoms with Crippen molar-refractivity contribution in [1.29, 1.82) is 0 Å². The zero-order valence-corrected chi connectivity index (χ0v) is 21.7. The summed E-state index contributed by atoms with van der Waals surface area (Å²) in [5.41, 5.74) is 4.66. The molecular weight excluding hydrogens is 518 g/mol. The number of hydrogen-bond acceptors (Lipinski definition) is 9. The molecule has 4 N–H and O–H groups in total. The van der Waals surface area contributed by atoms with E-state index in [1.165, 1.54) is 28.6 Å². The molecule has 4 aromatic heterocycles. The van der Waals surface area contributed by atoms with E-state index in [1.54, 1.807) is 12.1 Å². The van der Waals surface area contributed by atoms with Gasteiger partial charge in [-0.3, -0.25) is 13.9 Å². The van der Waals surface area contributed by atoms with Crippen molar-refractivity contribution in [3.8, 4) is 5.88 Å². The lowest BCUT2D eigenvalue weighted by Gasteiger charge is -2.15. The van der Waals surface area contributed by atoms with Crippen LogP contribution in [0.5, 0.6) is 5.88 Å². The first-order valence-corrected chi connectivity index (χ1v) is 12.7. The summed E-state index contributed by atoms with van der Waals surface area (Å²) in [5.74, 6) is 0.246. The fourth-order valence-electron chi connectivity index (χ4n) is 5.81. The van der Waals surface area contributed by atoms with Crippen molar-refractivity contribution in [2.24, 2.45) is 18.6 Å². The Morgan fingerprint density at radius 1 is 1.25 bits per heavy atom. The van der Waals surface area contributed by atoms with Gasteiger partial charge in [0, 0.05) is 29.2 Å². The van der Waals surface area contributed by atoms with Crippen LogP contribution in [-0.4, -0.2) is 61.1 Å². The Morgan fingerprint density at radius 3 is 2.77 bits per heavy atom. The van der Waals surface area contributed by atoms with Crippen LogP contribution in [0.15, 0.2) is 29.2 Å². The van der Waals surface area contributed by atoms with Crippen molar-refractivity contribution in [2.75, 3.05) is 19.5 Å². The number of carbonyl (C=O) groups excluding carboxylic acids is 2. The lowest BCUT2D eigenvalue weighted by Crippen LogP contribution is -2.36. The molecule has 0 unspecified atom stereocenters. The third kappa shape index (κ3) is 3.85. The molecule has 4 aromatic rings. The molecule has 0 bridgehead atoms. The van der Waals surface area contributed by atoms with Crippen LogP contribution in [-0.2, 0) is 22.0 Å². The van der Waals surface area contributed by atoms with Crippen LogP contribution in [0.3, 0.4) is 0 Å². The van der Waals surface area contributed by atoms with Crippen molar-refractivity contribution in [3.05, 3.63) is 34.9 Å². The molecule has 40 heavy (non-hydrogen) atoms. The standard InChI is InChI=1S/C26H31N9O5/c1-13-11-26(13,23(27)36)35-21-16(22(32-35)39-3)7-8-19(31-21)30-20-10-17-18(12-28-20)33(2)25(38)34(17)15-6-5-14(9-15)29-24(37)40-4/h7-8,10,12-15H,5-6,9,11H2,1-4H3,(H2,27,36)(H,29,37)(H,28,30,31)/t13-,14+,15+,26-/m0/s1/i2D3,4D3. The van der Waals surface area contributed by atoms with Gasteiger partial charge in [-0.2, -0.15) is 0 Å². The van der Waals surface area contributed by atoms with E-state index in [0.717, 1.165) is 0 Å². The zero-order valence-electron chi connectivity index (χ0n) is 27.7. The molecule has 0 aromatic carbocycles. The molecule has 210 valence electrons. The molecule has 2 aliphatic carbocycles. The maximum absolute atomic E-state index is 13.6. The molecule has 0 spiro atoms. The number of aromatic nitrogens is 6. The van der Waals surface area contributed by atoms with Gasteiger partial charge in [-0.25, -0.2) is 24.2 Å². The molecule has 4 heterocycles. The molecule has 0 aliphatic heterocycles. The number of nitrogens with one attached hydrogen (secondary N) is 2. The van der Waals surface area contributed by atoms with Crippen LogP contribution in [0.2, 0.25) is 0 Å². The molecule has 2 saturated carbocycles. The van der Waals surface area contributed by atoms with Gasteiger partial charge in [-0.1, -0.05) is 6.92 Å². The minimum absolute atomic E-state index is 0.0584. The highest BCUT2D eigenvalue weighted by Gasteiger charge is 2.60. The van der Waals surface area contributed by atoms with Gasteiger partial charge in [0.2, 0.25) is 11.8 Å². The summed E-state index contributed by atoms with van der Waals surface area (Å²) in [4.78, 5) is 47.1. The largest absolute Gasteiger partial charge is 0.479 e. The Labute approximate surface area is 236 Å². The summed E-state index contributed by atoms with van der Waals surface area (Å²) in [7, 11) is -1.45. The molecule has 2 aliphatic rings. The van der Waals surface area contributed by atoms with E-state index >= 15 is 0 Å². The Bertz CT molecular complexity index is 1930. The number of pyridine rings is 2. The number of alkyl carbamates (subject to hydrolysis) is 1. The van der Waals surface area contributed by atoms with Crippen molar-refractivity contribution in [2.45, 2.75) is 50.2 Å². The van der Waals surface area contributed by atoms with Gasteiger partial charge >= 0.3 is 11.8 Å². The lowest BCUT2D eigenvalue weighted by atomic mass is 10.2. The van der Waals surface area contributed by atoms with Gasteiger partial charge in [0.1, 0.15) is 17.2 Å². The first-order chi connectivity index (χ1) is 21.5. The number of methoxy groups -OCH3 is 2. The summed E-state index contributed by atoms with van der Waals surface area (Å²) in [6.07, 6.45) is 1.69. The number of rotatable bonds is 7. The zero-order chi connectivity index (χ0) is 33.3. The predicted octanol–water partition coefficient (Wildman–Crippen LogP) is 1.90. The first kappa shape index (κ1) is 19.4. The number of fused-ring (bicyclic) bond motifs is 2. The quantitative estimate of drug-likeness (QED) is 0.308. The van der Waals surface area contributed by atoms with E-state index in [1.807, 2.05) is 6.92 Å². The van der Waals surface area contributed by atoms with Crippen LogP contribution in [0, 0.1) is 5.92 Å². The van der Waals surface area contributed by atoms with Gasteiger partial charge in [-0.05, 0) is 43.7 Å². The number of anilines is 2. The van der Waals surface area contributed by atoms with E-state index in [-0.39, 0.29) is 35.1 Å². The fraction of sp³-hybridized carbons (Fsp3) is 0.462. The van der Waals surface area contributed by atoms with Gasteiger partial charge < -0.3 is 25.8 Å². The number of carbonyl (C=O) groups is 2. The Hall–Kier alpha value is -4.62. The highest BCUT2D eigenvalue weighted by molar-refractivity contribution is 5.91. The third-order valence-electron chi connectivity index (χ3n) is 7.97. The number of primary amides is 1. The lowest BCUT2D eigenvalue weighted by molar-refractivity contribution is -0.123. The first-order valence-electron chi connectivity index (χ1n) is 15.7. The molecule has 0 saturated heterocycles. The third-order valence-corrected chi connectivity index (χ3v) is 7.97. The number of nitrogens with two attached hydrogens (primary N) is 1. The molecule has 2 amide bonds. The second-order valence-corrected chi connectivity index (χ2v) is 10.3. The molecule has 4 atom stereocenters. The number of imidazole rings is 1. The van der Waals surface area contributed by atoms with Crippen molar-refractivity contribution >= 4 is 45.7 Å². The number of amides is 2. The number of nitrogens with zero attached hydrogens (tertiary/aromatic N) is 6. The Kier molecular flexibility index (Phi) is 4.49. The average molecular weight is 556 g/mol. The maximum atomic E-state index is 13.6. The predicted molar refractivity (Wildman–Crippen MR) is 146 cm³/mol. The minimum atomic E-state index is -2.91. The van der Waals surface area contributed by atoms with Gasteiger partial charge in [0.25, 0.3) is 0 Å². The van der Waals surface area contributed by atoms with Gasteiger partial charge in [0.15, 0.2) is 5.65 Å². The SMILES string of the molecule is [2H]C([2H])([2H])OC(=O)N[C@@H]1CC[C@@H](n2c(=O)n(C([2H])([2H])[2H])c3cnc(Nc4ccc5c(OC)nn([C@@]6(C(N)=O)C[C@@H]6C)c5n4)cc32)C1. The van der Waals surface area contributed by atoms with E-state index in [4.69, 9.17) is 18.7 Å². The normalized spacial score (nSPS) is 26.7. The summed E-state index contributed by atoms with van der Waals surface area (Å²) in [6.45, 7) is -0.917. The van der Waals surface area contributed by atoms with Gasteiger partial charge in [0.05, 0.1) is 40.9 Å². The number of ether oxygens (including phenoxy) is 2. The average Bonchev–Trinajstić information content (AvgIpc) is 3.23. The maximum Gasteiger partial charge on any atom is 0.407 e. The molecule has 2 fully saturated rings. The van der Waals surface area contributed by atoms with Crippen LogP contribution in [0.4, 0.5) is 16.4 Å². The highest BCUT2D eigenvalue weighted by atomic mass is 16.5. The second kappa shape index (κ2) is 9.24. The van der Waals surface area contributed by atoms with Crippen molar-refractivity contribution in [1.82, 2.24) is 34.2 Å². The topological polar surface area (TPSA) is 173 Å². The Morgan fingerprint density at radius 2 is 2.08 bits per heavy atom. The molecular formula is C26H31N9O5. The summed E-state index contributed by atoms with van der Waals surface area (Å²) < 4.78 is 58.6. The van der Waals surface area contributed by atoms with Crippen LogP contribution < -0.4 is 26.8 Å². The molecule has 6 rings (SSSR count). The Balaban J connectivity index is 1.35. The molecule has 14 heteroatoms. The van der Waals surface area contributed by atoms with Crippen molar-refractivity contribution in [3.63, 3.8) is 0 Å². The monoisotopic (exact) mass is 555 g/mol. The van der Waals surface area contributed by atoms with Gasteiger partial charge in [-0.15, -0.1) is 5.10 Å². The smallest absolute Gasteiger partial charge is 0.407 e. The molecule has 14 nitrogen and oxygen atoms in total. The van der Waals surface area contributed by atoms with Crippen LogP contribution in [0.25, 0.3) is 22.1 Å². The number of hydrogen-bond donors (Lipinski definition) is 3. The van der Waals surface area contributed by atoms with E-state index in [9.17, 15) is 14.4 Å². The van der Waals surface area contributed by atoms with Crippen LogP contribution >= 0.6 is 0 Å². The minimum Gasteiger partial charge on any atom is -0.479 e. The van der Waals surface area contributed by atoms with E-state index in [0.29, 0.717) is 40.7 Å². The summed E-state index contributed by atoms with van der Waals surface area (Å²) in [6, 6.07) is 3.88. The van der Waals surface area contributed by atoms with Crippen molar-refractivity contribution < 1.29 is 27.3 Å². The molecule has 0 radical (unpaired) electrons. The van der Waals surface area contributed by atoms with E-state index in [2.05, 4.69) is 30.4 Å².